The first-order valence-electron chi connectivity index (χ1n) is 9.78. The van der Waals surface area contributed by atoms with E-state index in [0.29, 0.717) is 12.4 Å². The van der Waals surface area contributed by atoms with Crippen LogP contribution in [-0.2, 0) is 6.54 Å². The Labute approximate surface area is 185 Å². The molecule has 0 bridgehead atoms. The van der Waals surface area contributed by atoms with E-state index in [-0.39, 0.29) is 24.0 Å². The van der Waals surface area contributed by atoms with Gasteiger partial charge in [0, 0.05) is 19.2 Å². The van der Waals surface area contributed by atoms with Crippen molar-refractivity contribution in [3.05, 3.63) is 41.8 Å². The quantitative estimate of drug-likeness (QED) is 0.362. The third-order valence-corrected chi connectivity index (χ3v) is 5.19. The zero-order chi connectivity index (χ0) is 19.1. The van der Waals surface area contributed by atoms with Crippen LogP contribution in [0.25, 0.3) is 11.5 Å². The van der Waals surface area contributed by atoms with Crippen LogP contribution in [0.15, 0.2) is 39.9 Å². The molecular formula is C21H32IN5O. The Morgan fingerprint density at radius 3 is 2.61 bits per heavy atom. The minimum Gasteiger partial charge on any atom is -0.444 e. The number of guanidine groups is 1. The van der Waals surface area contributed by atoms with Crippen LogP contribution in [0.4, 0.5) is 0 Å². The van der Waals surface area contributed by atoms with Crippen molar-refractivity contribution >= 4 is 29.9 Å². The molecule has 0 saturated carbocycles. The standard InChI is InChI=1S/C21H31N5O.HI/c1-16-4-6-18(7-5-16)20-25-19(15-27-20)14-24-21(22-2)23-11-8-17-9-12-26(3)13-10-17;/h4-7,15,17H,8-14H2,1-3H3,(H2,22,23,24);1H. The van der Waals surface area contributed by atoms with Gasteiger partial charge in [0.05, 0.1) is 12.2 Å². The number of likely N-dealkylation sites (tertiary alicyclic amines) is 1. The van der Waals surface area contributed by atoms with Crippen LogP contribution in [0.5, 0.6) is 0 Å². The number of piperidine rings is 1. The Bertz CT molecular complexity index is 736. The second-order valence-electron chi connectivity index (χ2n) is 7.40. The van der Waals surface area contributed by atoms with Crippen molar-refractivity contribution in [2.24, 2.45) is 10.9 Å². The number of aryl methyl sites for hydroxylation is 1. The number of rotatable bonds is 6. The van der Waals surface area contributed by atoms with Gasteiger partial charge in [-0.15, -0.1) is 24.0 Å². The number of nitrogens with one attached hydrogen (secondary N) is 2. The molecule has 1 fully saturated rings. The highest BCUT2D eigenvalue weighted by Crippen LogP contribution is 2.19. The van der Waals surface area contributed by atoms with E-state index in [1.54, 1.807) is 13.3 Å². The summed E-state index contributed by atoms with van der Waals surface area (Å²) >= 11 is 0. The van der Waals surface area contributed by atoms with Crippen molar-refractivity contribution in [1.29, 1.82) is 0 Å². The number of aliphatic imine (C=N–C) groups is 1. The van der Waals surface area contributed by atoms with E-state index in [0.717, 1.165) is 29.7 Å². The first-order valence-corrected chi connectivity index (χ1v) is 9.78. The normalized spacial score (nSPS) is 15.9. The molecule has 0 spiro atoms. The summed E-state index contributed by atoms with van der Waals surface area (Å²) in [5, 5.41) is 6.72. The third kappa shape index (κ3) is 6.77. The summed E-state index contributed by atoms with van der Waals surface area (Å²) in [6.07, 6.45) is 5.49. The Balaban J connectivity index is 0.00000280. The van der Waals surface area contributed by atoms with Gasteiger partial charge in [-0.3, -0.25) is 4.99 Å². The van der Waals surface area contributed by atoms with Gasteiger partial charge in [0.1, 0.15) is 6.26 Å². The lowest BCUT2D eigenvalue weighted by Gasteiger charge is -2.29. The van der Waals surface area contributed by atoms with E-state index in [9.17, 15) is 0 Å². The maximum Gasteiger partial charge on any atom is 0.226 e. The van der Waals surface area contributed by atoms with E-state index in [2.05, 4.69) is 51.6 Å². The molecule has 2 N–H and O–H groups in total. The number of hydrogen-bond acceptors (Lipinski definition) is 4. The van der Waals surface area contributed by atoms with Gasteiger partial charge in [0.25, 0.3) is 0 Å². The highest BCUT2D eigenvalue weighted by Gasteiger charge is 2.16. The van der Waals surface area contributed by atoms with Gasteiger partial charge in [-0.25, -0.2) is 4.98 Å². The van der Waals surface area contributed by atoms with Crippen LogP contribution in [0.3, 0.4) is 0 Å². The van der Waals surface area contributed by atoms with Gasteiger partial charge < -0.3 is 20.0 Å². The van der Waals surface area contributed by atoms with Gasteiger partial charge in [-0.2, -0.15) is 0 Å². The van der Waals surface area contributed by atoms with Gasteiger partial charge >= 0.3 is 0 Å². The molecular weight excluding hydrogens is 465 g/mol. The SMILES string of the molecule is CN=C(NCCC1CCN(C)CC1)NCc1coc(-c2ccc(C)cc2)n1.I. The molecule has 0 radical (unpaired) electrons. The fraction of sp³-hybridized carbons (Fsp3) is 0.524. The molecule has 1 aromatic carbocycles. The van der Waals surface area contributed by atoms with Gasteiger partial charge in [0.15, 0.2) is 5.96 Å². The molecule has 0 aliphatic carbocycles. The van der Waals surface area contributed by atoms with E-state index >= 15 is 0 Å². The lowest BCUT2D eigenvalue weighted by molar-refractivity contribution is 0.213. The predicted molar refractivity (Wildman–Crippen MR) is 125 cm³/mol. The molecule has 28 heavy (non-hydrogen) atoms. The average Bonchev–Trinajstić information content (AvgIpc) is 3.15. The second-order valence-corrected chi connectivity index (χ2v) is 7.40. The van der Waals surface area contributed by atoms with Crippen LogP contribution >= 0.6 is 24.0 Å². The molecule has 2 heterocycles. The molecule has 7 heteroatoms. The predicted octanol–water partition coefficient (Wildman–Crippen LogP) is 3.66. The second kappa shape index (κ2) is 11.4. The summed E-state index contributed by atoms with van der Waals surface area (Å²) in [4.78, 5) is 11.3. The van der Waals surface area contributed by atoms with Crippen molar-refractivity contribution in [3.63, 3.8) is 0 Å². The molecule has 1 aliphatic rings. The van der Waals surface area contributed by atoms with Crippen molar-refractivity contribution in [2.45, 2.75) is 32.7 Å². The fourth-order valence-electron chi connectivity index (χ4n) is 3.36. The summed E-state index contributed by atoms with van der Waals surface area (Å²) < 4.78 is 5.61. The summed E-state index contributed by atoms with van der Waals surface area (Å²) in [7, 11) is 4.00. The first-order chi connectivity index (χ1) is 13.1. The molecule has 0 unspecified atom stereocenters. The van der Waals surface area contributed by atoms with E-state index in [4.69, 9.17) is 4.42 Å². The monoisotopic (exact) mass is 497 g/mol. The maximum atomic E-state index is 5.61. The zero-order valence-corrected chi connectivity index (χ0v) is 19.4. The van der Waals surface area contributed by atoms with Crippen molar-refractivity contribution < 1.29 is 4.42 Å². The average molecular weight is 497 g/mol. The molecule has 154 valence electrons. The number of aromatic nitrogens is 1. The van der Waals surface area contributed by atoms with Crippen LogP contribution in [0.2, 0.25) is 0 Å². The molecule has 1 saturated heterocycles. The highest BCUT2D eigenvalue weighted by molar-refractivity contribution is 14.0. The Hall–Kier alpha value is -1.61. The summed E-state index contributed by atoms with van der Waals surface area (Å²) in [5.41, 5.74) is 3.08. The summed E-state index contributed by atoms with van der Waals surface area (Å²) in [5.74, 6) is 2.28. The van der Waals surface area contributed by atoms with Crippen molar-refractivity contribution in [3.8, 4) is 11.5 Å². The third-order valence-electron chi connectivity index (χ3n) is 5.19. The number of nitrogens with zero attached hydrogens (tertiary/aromatic N) is 3. The molecule has 0 amide bonds. The van der Waals surface area contributed by atoms with Gasteiger partial charge in [-0.05, 0) is 64.4 Å². The van der Waals surface area contributed by atoms with Gasteiger partial charge in [-0.1, -0.05) is 17.7 Å². The number of halogens is 1. The van der Waals surface area contributed by atoms with E-state index < -0.39 is 0 Å². The number of hydrogen-bond donors (Lipinski definition) is 2. The molecule has 6 nitrogen and oxygen atoms in total. The van der Waals surface area contributed by atoms with Crippen molar-refractivity contribution in [2.75, 3.05) is 33.7 Å². The summed E-state index contributed by atoms with van der Waals surface area (Å²) in [6, 6.07) is 8.19. The lowest BCUT2D eigenvalue weighted by atomic mass is 9.94. The van der Waals surface area contributed by atoms with Crippen LogP contribution in [0, 0.1) is 12.8 Å². The minimum absolute atomic E-state index is 0. The molecule has 0 atom stereocenters. The number of oxazole rings is 1. The molecule has 2 aromatic rings. The van der Waals surface area contributed by atoms with Crippen LogP contribution in [-0.4, -0.2) is 49.6 Å². The topological polar surface area (TPSA) is 65.7 Å². The Kier molecular flexibility index (Phi) is 9.24. The zero-order valence-electron chi connectivity index (χ0n) is 17.1. The summed E-state index contributed by atoms with van der Waals surface area (Å²) in [6.45, 7) is 6.03. The fourth-order valence-corrected chi connectivity index (χ4v) is 3.36. The van der Waals surface area contributed by atoms with Crippen LogP contribution < -0.4 is 10.6 Å². The Morgan fingerprint density at radius 2 is 1.93 bits per heavy atom. The lowest BCUT2D eigenvalue weighted by Crippen LogP contribution is -2.38. The first kappa shape index (κ1) is 22.7. The maximum absolute atomic E-state index is 5.61. The highest BCUT2D eigenvalue weighted by atomic mass is 127. The van der Waals surface area contributed by atoms with E-state index in [1.165, 1.54) is 37.9 Å². The van der Waals surface area contributed by atoms with Gasteiger partial charge in [0.2, 0.25) is 5.89 Å². The van der Waals surface area contributed by atoms with Crippen molar-refractivity contribution in [1.82, 2.24) is 20.5 Å². The van der Waals surface area contributed by atoms with E-state index in [1.807, 2.05) is 12.1 Å². The minimum atomic E-state index is 0. The smallest absolute Gasteiger partial charge is 0.226 e. The number of benzene rings is 1. The molecule has 1 aliphatic heterocycles. The largest absolute Gasteiger partial charge is 0.444 e. The molecule has 1 aromatic heterocycles. The Morgan fingerprint density at radius 1 is 1.21 bits per heavy atom. The van der Waals surface area contributed by atoms with Crippen LogP contribution in [0.1, 0.15) is 30.5 Å². The molecule has 3 rings (SSSR count).